The molecule has 0 saturated carbocycles. The Kier molecular flexibility index (Phi) is 5.65. The van der Waals surface area contributed by atoms with Gasteiger partial charge in [0, 0.05) is 5.69 Å². The number of rotatable bonds is 4. The Morgan fingerprint density at radius 2 is 1.96 bits per heavy atom. The van der Waals surface area contributed by atoms with Crippen molar-refractivity contribution in [3.05, 3.63) is 59.4 Å². The van der Waals surface area contributed by atoms with Crippen LogP contribution in [0.2, 0.25) is 0 Å². The average Bonchev–Trinajstić information content (AvgIpc) is 2.48. The van der Waals surface area contributed by atoms with Crippen molar-refractivity contribution in [2.45, 2.75) is 13.8 Å². The van der Waals surface area contributed by atoms with E-state index in [0.29, 0.717) is 11.4 Å². The third-order valence-corrected chi connectivity index (χ3v) is 3.39. The predicted octanol–water partition coefficient (Wildman–Crippen LogP) is 3.33. The molecule has 0 aliphatic rings. The van der Waals surface area contributed by atoms with Crippen LogP contribution in [0.5, 0.6) is 5.75 Å². The number of ether oxygens (including phenoxy) is 1. The van der Waals surface area contributed by atoms with E-state index < -0.39 is 5.91 Å². The van der Waals surface area contributed by atoms with E-state index >= 15 is 0 Å². The van der Waals surface area contributed by atoms with Gasteiger partial charge in [0.25, 0.3) is 5.91 Å². The molecule has 0 heterocycles. The molecule has 0 unspecified atom stereocenters. The fourth-order valence-corrected chi connectivity index (χ4v) is 2.08. The SMILES string of the molecule is Cc1ccc(OCC(=O)NC(=S)Nc2cccc(F)c2)cc1C. The van der Waals surface area contributed by atoms with Gasteiger partial charge in [-0.25, -0.2) is 4.39 Å². The van der Waals surface area contributed by atoms with Crippen molar-refractivity contribution in [3.63, 3.8) is 0 Å². The van der Waals surface area contributed by atoms with E-state index in [9.17, 15) is 9.18 Å². The van der Waals surface area contributed by atoms with Crippen LogP contribution in [0.15, 0.2) is 42.5 Å². The van der Waals surface area contributed by atoms with Gasteiger partial charge in [-0.1, -0.05) is 12.1 Å². The number of halogens is 1. The number of aryl methyl sites for hydroxylation is 2. The third kappa shape index (κ3) is 5.34. The maximum Gasteiger partial charge on any atom is 0.264 e. The van der Waals surface area contributed by atoms with Gasteiger partial charge in [0.15, 0.2) is 11.7 Å². The van der Waals surface area contributed by atoms with Crippen LogP contribution in [-0.4, -0.2) is 17.6 Å². The number of nitrogens with one attached hydrogen (secondary N) is 2. The van der Waals surface area contributed by atoms with Gasteiger partial charge in [-0.3, -0.25) is 10.1 Å². The highest BCUT2D eigenvalue weighted by molar-refractivity contribution is 7.80. The van der Waals surface area contributed by atoms with Gasteiger partial charge in [-0.15, -0.1) is 0 Å². The fourth-order valence-electron chi connectivity index (χ4n) is 1.84. The van der Waals surface area contributed by atoms with Crippen LogP contribution in [0.1, 0.15) is 11.1 Å². The Morgan fingerprint density at radius 3 is 2.65 bits per heavy atom. The van der Waals surface area contributed by atoms with Crippen LogP contribution < -0.4 is 15.4 Å². The molecule has 2 N–H and O–H groups in total. The van der Waals surface area contributed by atoms with Crippen molar-refractivity contribution in [1.82, 2.24) is 5.32 Å². The molecule has 120 valence electrons. The highest BCUT2D eigenvalue weighted by Crippen LogP contribution is 2.16. The second kappa shape index (κ2) is 7.69. The summed E-state index contributed by atoms with van der Waals surface area (Å²) in [7, 11) is 0. The number of thiocarbonyl (C=S) groups is 1. The first-order chi connectivity index (χ1) is 10.9. The van der Waals surface area contributed by atoms with E-state index in [1.165, 1.54) is 12.1 Å². The maximum absolute atomic E-state index is 13.1. The highest BCUT2D eigenvalue weighted by Gasteiger charge is 2.07. The fraction of sp³-hybridized carbons (Fsp3) is 0.176. The van der Waals surface area contributed by atoms with Crippen molar-refractivity contribution in [1.29, 1.82) is 0 Å². The average molecular weight is 332 g/mol. The summed E-state index contributed by atoms with van der Waals surface area (Å²) in [5.74, 6) is -0.161. The summed E-state index contributed by atoms with van der Waals surface area (Å²) in [6, 6.07) is 11.4. The summed E-state index contributed by atoms with van der Waals surface area (Å²) in [5.41, 5.74) is 2.71. The summed E-state index contributed by atoms with van der Waals surface area (Å²) in [4.78, 5) is 11.8. The van der Waals surface area contributed by atoms with Crippen LogP contribution in [0.25, 0.3) is 0 Å². The molecule has 0 radical (unpaired) electrons. The first kappa shape index (κ1) is 16.9. The van der Waals surface area contributed by atoms with Gasteiger partial charge in [0.2, 0.25) is 0 Å². The van der Waals surface area contributed by atoms with Crippen molar-refractivity contribution < 1.29 is 13.9 Å². The van der Waals surface area contributed by atoms with E-state index in [0.717, 1.165) is 11.1 Å². The smallest absolute Gasteiger partial charge is 0.264 e. The van der Waals surface area contributed by atoms with Crippen LogP contribution in [0, 0.1) is 19.7 Å². The van der Waals surface area contributed by atoms with Crippen LogP contribution in [0.4, 0.5) is 10.1 Å². The number of hydrogen-bond acceptors (Lipinski definition) is 3. The minimum Gasteiger partial charge on any atom is -0.484 e. The maximum atomic E-state index is 13.1. The molecule has 0 atom stereocenters. The van der Waals surface area contributed by atoms with Gasteiger partial charge in [-0.05, 0) is 67.5 Å². The molecule has 6 heteroatoms. The zero-order valence-corrected chi connectivity index (χ0v) is 13.7. The minimum atomic E-state index is -0.392. The van der Waals surface area contributed by atoms with Crippen molar-refractivity contribution >= 4 is 28.9 Å². The Morgan fingerprint density at radius 1 is 1.17 bits per heavy atom. The molecule has 2 rings (SSSR count). The molecule has 0 aliphatic carbocycles. The minimum absolute atomic E-state index is 0.0873. The topological polar surface area (TPSA) is 50.4 Å². The van der Waals surface area contributed by atoms with Crippen molar-refractivity contribution in [2.24, 2.45) is 0 Å². The molecule has 2 aromatic carbocycles. The molecule has 0 spiro atoms. The lowest BCUT2D eigenvalue weighted by Crippen LogP contribution is -2.37. The third-order valence-electron chi connectivity index (χ3n) is 3.18. The molecule has 2 aromatic rings. The van der Waals surface area contributed by atoms with Gasteiger partial charge < -0.3 is 10.1 Å². The first-order valence-electron chi connectivity index (χ1n) is 7.00. The first-order valence-corrected chi connectivity index (χ1v) is 7.41. The molecule has 4 nitrogen and oxygen atoms in total. The number of amides is 1. The van der Waals surface area contributed by atoms with E-state index in [1.807, 2.05) is 26.0 Å². The molecule has 0 aromatic heterocycles. The molecule has 0 aliphatic heterocycles. The molecule has 0 fully saturated rings. The second-order valence-corrected chi connectivity index (χ2v) is 5.46. The number of anilines is 1. The molecule has 23 heavy (non-hydrogen) atoms. The van der Waals surface area contributed by atoms with Gasteiger partial charge in [-0.2, -0.15) is 0 Å². The summed E-state index contributed by atoms with van der Waals surface area (Å²) in [6.07, 6.45) is 0. The quantitative estimate of drug-likeness (QED) is 0.843. The van der Waals surface area contributed by atoms with Gasteiger partial charge in [0.05, 0.1) is 0 Å². The predicted molar refractivity (Wildman–Crippen MR) is 92.2 cm³/mol. The summed E-state index contributed by atoms with van der Waals surface area (Å²) in [6.45, 7) is 3.82. The number of carbonyl (C=O) groups is 1. The summed E-state index contributed by atoms with van der Waals surface area (Å²) >= 11 is 5.00. The standard InChI is InChI=1S/C17H17FN2O2S/c1-11-6-7-15(8-12(11)2)22-10-16(21)20-17(23)19-14-5-3-4-13(18)9-14/h3-9H,10H2,1-2H3,(H2,19,20,21,23). The molecular weight excluding hydrogens is 315 g/mol. The summed E-state index contributed by atoms with van der Waals surface area (Å²) < 4.78 is 18.5. The van der Waals surface area contributed by atoms with Gasteiger partial charge in [0.1, 0.15) is 11.6 Å². The van der Waals surface area contributed by atoms with E-state index in [4.69, 9.17) is 17.0 Å². The Balaban J connectivity index is 1.82. The molecule has 1 amide bonds. The molecule has 0 bridgehead atoms. The van der Waals surface area contributed by atoms with Crippen LogP contribution in [0.3, 0.4) is 0 Å². The lowest BCUT2D eigenvalue weighted by Gasteiger charge is -2.11. The lowest BCUT2D eigenvalue weighted by atomic mass is 10.1. The number of carbonyl (C=O) groups excluding carboxylic acids is 1. The normalized spacial score (nSPS) is 10.0. The Labute approximate surface area is 139 Å². The number of benzene rings is 2. The second-order valence-electron chi connectivity index (χ2n) is 5.05. The Bertz CT molecular complexity index is 734. The van der Waals surface area contributed by atoms with Crippen LogP contribution >= 0.6 is 12.2 Å². The zero-order valence-electron chi connectivity index (χ0n) is 12.9. The lowest BCUT2D eigenvalue weighted by molar-refractivity contribution is -0.121. The van der Waals surface area contributed by atoms with E-state index in [1.54, 1.807) is 18.2 Å². The largest absolute Gasteiger partial charge is 0.484 e. The van der Waals surface area contributed by atoms with Gasteiger partial charge >= 0.3 is 0 Å². The van der Waals surface area contributed by atoms with E-state index in [-0.39, 0.29) is 17.5 Å². The monoisotopic (exact) mass is 332 g/mol. The van der Waals surface area contributed by atoms with Crippen molar-refractivity contribution in [2.75, 3.05) is 11.9 Å². The molecular formula is C17H17FN2O2S. The van der Waals surface area contributed by atoms with Crippen LogP contribution in [-0.2, 0) is 4.79 Å². The highest BCUT2D eigenvalue weighted by atomic mass is 32.1. The summed E-state index contributed by atoms with van der Waals surface area (Å²) in [5, 5.41) is 5.30. The Hall–Kier alpha value is -2.47. The number of hydrogen-bond donors (Lipinski definition) is 2. The molecule has 0 saturated heterocycles. The van der Waals surface area contributed by atoms with E-state index in [2.05, 4.69) is 10.6 Å². The van der Waals surface area contributed by atoms with Crippen molar-refractivity contribution in [3.8, 4) is 5.75 Å². The zero-order chi connectivity index (χ0) is 16.8.